The number of piperazine rings is 1. The quantitative estimate of drug-likeness (QED) is 0.923. The number of carbonyl (C=O) groups excluding carboxylic acids is 1. The Kier molecular flexibility index (Phi) is 5.13. The van der Waals surface area contributed by atoms with Gasteiger partial charge < -0.3 is 10.2 Å². The third kappa shape index (κ3) is 4.01. The van der Waals surface area contributed by atoms with Crippen LogP contribution in [-0.2, 0) is 4.79 Å². The average molecular weight is 313 g/mol. The van der Waals surface area contributed by atoms with Crippen LogP contribution in [0.4, 0.5) is 0 Å². The van der Waals surface area contributed by atoms with Crippen molar-refractivity contribution in [1.29, 1.82) is 0 Å². The molecule has 2 aliphatic rings. The maximum absolute atomic E-state index is 12.7. The zero-order chi connectivity index (χ0) is 16.1. The molecule has 3 rings (SSSR count). The van der Waals surface area contributed by atoms with E-state index >= 15 is 0 Å². The largest absolute Gasteiger partial charge is 0.339 e. The van der Waals surface area contributed by atoms with Gasteiger partial charge in [0.05, 0.1) is 5.54 Å². The number of hydrogen-bond donors (Lipinski definition) is 1. The smallest absolute Gasteiger partial charge is 0.242 e. The maximum atomic E-state index is 12.7. The minimum Gasteiger partial charge on any atom is -0.339 e. The summed E-state index contributed by atoms with van der Waals surface area (Å²) in [7, 11) is 0. The molecule has 4 nitrogen and oxygen atoms in total. The Morgan fingerprint density at radius 3 is 2.61 bits per heavy atom. The summed E-state index contributed by atoms with van der Waals surface area (Å²) in [6.07, 6.45) is 6.45. The van der Waals surface area contributed by atoms with Crippen LogP contribution < -0.4 is 5.32 Å². The van der Waals surface area contributed by atoms with E-state index in [1.54, 1.807) is 0 Å². The number of nitrogens with one attached hydrogen (secondary N) is 1. The molecule has 2 saturated heterocycles. The molecular weight excluding hydrogens is 286 g/mol. The van der Waals surface area contributed by atoms with Crippen LogP contribution >= 0.6 is 0 Å². The van der Waals surface area contributed by atoms with E-state index < -0.39 is 0 Å². The van der Waals surface area contributed by atoms with Gasteiger partial charge in [-0.15, -0.1) is 0 Å². The highest BCUT2D eigenvalue weighted by molar-refractivity contribution is 5.86. The predicted octanol–water partition coefficient (Wildman–Crippen LogP) is 1.99. The van der Waals surface area contributed by atoms with E-state index in [9.17, 15) is 4.79 Å². The van der Waals surface area contributed by atoms with Crippen LogP contribution in [0.15, 0.2) is 36.4 Å². The van der Waals surface area contributed by atoms with Gasteiger partial charge in [-0.25, -0.2) is 0 Å². The van der Waals surface area contributed by atoms with Crippen LogP contribution in [-0.4, -0.2) is 60.5 Å². The molecule has 1 aromatic carbocycles. The summed E-state index contributed by atoms with van der Waals surface area (Å²) in [6, 6.07) is 10.4. The molecule has 0 radical (unpaired) electrons. The van der Waals surface area contributed by atoms with Crippen LogP contribution in [0.25, 0.3) is 6.08 Å². The molecule has 1 aromatic rings. The number of carbonyl (C=O) groups is 1. The van der Waals surface area contributed by atoms with Crippen molar-refractivity contribution in [3.8, 4) is 0 Å². The number of rotatable bonds is 4. The highest BCUT2D eigenvalue weighted by Crippen LogP contribution is 2.22. The molecule has 4 heteroatoms. The summed E-state index contributed by atoms with van der Waals surface area (Å²) in [6.45, 7) is 7.57. The second-order valence-electron chi connectivity index (χ2n) is 6.77. The molecule has 2 fully saturated rings. The second kappa shape index (κ2) is 7.28. The Morgan fingerprint density at radius 2 is 1.96 bits per heavy atom. The first-order valence-electron chi connectivity index (χ1n) is 8.66. The number of amides is 1. The minimum atomic E-state index is -0.324. The molecule has 1 amide bonds. The summed E-state index contributed by atoms with van der Waals surface area (Å²) < 4.78 is 0. The van der Waals surface area contributed by atoms with Gasteiger partial charge in [-0.2, -0.15) is 0 Å². The van der Waals surface area contributed by atoms with E-state index in [2.05, 4.69) is 53.6 Å². The van der Waals surface area contributed by atoms with Crippen molar-refractivity contribution >= 4 is 12.0 Å². The maximum Gasteiger partial charge on any atom is 0.242 e. The standard InChI is InChI=1S/C19H27N3O/c1-19(10-6-11-20-19)18(23)22-15-13-21(14-16-22)12-5-9-17-7-3-2-4-8-17/h2-5,7-9,20H,6,10-16H2,1H3/b9-5+/t19-/m1/s1. The second-order valence-corrected chi connectivity index (χ2v) is 6.77. The molecule has 0 unspecified atom stereocenters. The van der Waals surface area contributed by atoms with Gasteiger partial charge in [-0.05, 0) is 31.9 Å². The Hall–Kier alpha value is -1.65. The van der Waals surface area contributed by atoms with Gasteiger partial charge in [-0.1, -0.05) is 42.5 Å². The molecular formula is C19H27N3O. The van der Waals surface area contributed by atoms with Crippen LogP contribution in [0.5, 0.6) is 0 Å². The van der Waals surface area contributed by atoms with Gasteiger partial charge in [0, 0.05) is 32.7 Å². The van der Waals surface area contributed by atoms with Crippen LogP contribution in [0.3, 0.4) is 0 Å². The Labute approximate surface area is 139 Å². The summed E-state index contributed by atoms with van der Waals surface area (Å²) in [5.41, 5.74) is 0.914. The summed E-state index contributed by atoms with van der Waals surface area (Å²) in [4.78, 5) is 17.1. The van der Waals surface area contributed by atoms with E-state index in [1.807, 2.05) is 11.0 Å². The van der Waals surface area contributed by atoms with Crippen molar-refractivity contribution in [3.63, 3.8) is 0 Å². The fraction of sp³-hybridized carbons (Fsp3) is 0.526. The van der Waals surface area contributed by atoms with E-state index in [0.29, 0.717) is 0 Å². The zero-order valence-corrected chi connectivity index (χ0v) is 14.0. The highest BCUT2D eigenvalue weighted by Gasteiger charge is 2.39. The van der Waals surface area contributed by atoms with Gasteiger partial charge in [-0.3, -0.25) is 9.69 Å². The first kappa shape index (κ1) is 16.2. The summed E-state index contributed by atoms with van der Waals surface area (Å²) in [5.74, 6) is 0.287. The van der Waals surface area contributed by atoms with Crippen molar-refractivity contribution in [3.05, 3.63) is 42.0 Å². The molecule has 2 aliphatic heterocycles. The third-order valence-corrected chi connectivity index (χ3v) is 4.97. The SMILES string of the molecule is C[C@]1(C(=O)N2CCN(C/C=C/c3ccccc3)CC2)CCCN1. The monoisotopic (exact) mass is 313 g/mol. The van der Waals surface area contributed by atoms with Gasteiger partial charge in [0.2, 0.25) is 5.91 Å². The Balaban J connectivity index is 1.45. The van der Waals surface area contributed by atoms with Gasteiger partial charge in [0.25, 0.3) is 0 Å². The summed E-state index contributed by atoms with van der Waals surface area (Å²) >= 11 is 0. The highest BCUT2D eigenvalue weighted by atomic mass is 16.2. The molecule has 1 atom stereocenters. The lowest BCUT2D eigenvalue weighted by Crippen LogP contribution is -2.57. The topological polar surface area (TPSA) is 35.6 Å². The molecule has 0 bridgehead atoms. The number of nitrogens with zero attached hydrogens (tertiary/aromatic N) is 2. The fourth-order valence-electron chi connectivity index (χ4n) is 3.46. The average Bonchev–Trinajstić information content (AvgIpc) is 3.04. The molecule has 0 aromatic heterocycles. The lowest BCUT2D eigenvalue weighted by molar-refractivity contribution is -0.138. The van der Waals surface area contributed by atoms with E-state index in [-0.39, 0.29) is 11.4 Å². The molecule has 124 valence electrons. The van der Waals surface area contributed by atoms with Crippen molar-refractivity contribution in [1.82, 2.24) is 15.1 Å². The lowest BCUT2D eigenvalue weighted by Gasteiger charge is -2.38. The van der Waals surface area contributed by atoms with Gasteiger partial charge in [0.1, 0.15) is 0 Å². The van der Waals surface area contributed by atoms with Gasteiger partial charge >= 0.3 is 0 Å². The molecule has 2 heterocycles. The van der Waals surface area contributed by atoms with Crippen molar-refractivity contribution in [2.24, 2.45) is 0 Å². The van der Waals surface area contributed by atoms with Crippen LogP contribution in [0.1, 0.15) is 25.3 Å². The normalized spacial score (nSPS) is 26.0. The molecule has 23 heavy (non-hydrogen) atoms. The Bertz CT molecular complexity index is 541. The summed E-state index contributed by atoms with van der Waals surface area (Å²) in [5, 5.41) is 3.38. The fourth-order valence-corrected chi connectivity index (χ4v) is 3.46. The molecule has 0 spiro atoms. The lowest BCUT2D eigenvalue weighted by atomic mass is 9.98. The van der Waals surface area contributed by atoms with Gasteiger partial charge in [0.15, 0.2) is 0 Å². The van der Waals surface area contributed by atoms with Crippen molar-refractivity contribution in [2.75, 3.05) is 39.3 Å². The predicted molar refractivity (Wildman–Crippen MR) is 94.1 cm³/mol. The van der Waals surface area contributed by atoms with Crippen LogP contribution in [0.2, 0.25) is 0 Å². The number of benzene rings is 1. The van der Waals surface area contributed by atoms with Crippen LogP contribution in [0, 0.1) is 0 Å². The van der Waals surface area contributed by atoms with E-state index in [4.69, 9.17) is 0 Å². The minimum absolute atomic E-state index is 0.287. The van der Waals surface area contributed by atoms with E-state index in [1.165, 1.54) is 5.56 Å². The number of hydrogen-bond acceptors (Lipinski definition) is 3. The molecule has 1 N–H and O–H groups in total. The Morgan fingerprint density at radius 1 is 1.22 bits per heavy atom. The van der Waals surface area contributed by atoms with E-state index in [0.717, 1.165) is 52.1 Å². The van der Waals surface area contributed by atoms with Crippen molar-refractivity contribution in [2.45, 2.75) is 25.3 Å². The van der Waals surface area contributed by atoms with Crippen molar-refractivity contribution < 1.29 is 4.79 Å². The molecule has 0 aliphatic carbocycles. The first-order chi connectivity index (χ1) is 11.2. The molecule has 0 saturated carbocycles. The first-order valence-corrected chi connectivity index (χ1v) is 8.66. The third-order valence-electron chi connectivity index (χ3n) is 4.97. The zero-order valence-electron chi connectivity index (χ0n) is 14.0.